The molecule has 0 aromatic carbocycles. The summed E-state index contributed by atoms with van der Waals surface area (Å²) >= 11 is 0. The predicted molar refractivity (Wildman–Crippen MR) is 135 cm³/mol. The number of ether oxygens (including phenoxy) is 1. The van der Waals surface area contributed by atoms with Crippen molar-refractivity contribution >= 4 is 11.9 Å². The van der Waals surface area contributed by atoms with Gasteiger partial charge in [0, 0.05) is 6.42 Å². The van der Waals surface area contributed by atoms with Gasteiger partial charge in [-0.05, 0) is 19.3 Å². The molecule has 0 heterocycles. The van der Waals surface area contributed by atoms with Crippen LogP contribution in [0.15, 0.2) is 0 Å². The third kappa shape index (κ3) is 22.1. The van der Waals surface area contributed by atoms with E-state index in [1.54, 1.807) is 0 Å². The van der Waals surface area contributed by atoms with Gasteiger partial charge in [0.15, 0.2) is 6.10 Å². The highest BCUT2D eigenvalue weighted by Gasteiger charge is 2.21. The third-order valence-corrected chi connectivity index (χ3v) is 6.35. The number of hydrogen-bond donors (Lipinski definition) is 1. The average Bonchev–Trinajstić information content (AvgIpc) is 2.77. The van der Waals surface area contributed by atoms with Crippen LogP contribution in [0.25, 0.3) is 0 Å². The smallest absolute Gasteiger partial charge is 0.345 e. The fourth-order valence-electron chi connectivity index (χ4n) is 4.20. The summed E-state index contributed by atoms with van der Waals surface area (Å²) in [6.45, 7) is 4.35. The Hall–Kier alpha value is -1.06. The average molecular weight is 455 g/mol. The van der Waals surface area contributed by atoms with E-state index in [1.165, 1.54) is 96.3 Å². The van der Waals surface area contributed by atoms with E-state index < -0.39 is 12.1 Å². The molecule has 0 aliphatic heterocycles. The minimum absolute atomic E-state index is 0.330. The Morgan fingerprint density at radius 1 is 0.562 bits per heavy atom. The first-order valence-corrected chi connectivity index (χ1v) is 14.0. The Morgan fingerprint density at radius 3 is 1.28 bits per heavy atom. The lowest BCUT2D eigenvalue weighted by molar-refractivity contribution is -0.164. The van der Waals surface area contributed by atoms with Crippen LogP contribution in [0, 0.1) is 0 Å². The van der Waals surface area contributed by atoms with E-state index in [4.69, 9.17) is 4.74 Å². The van der Waals surface area contributed by atoms with Gasteiger partial charge in [-0.1, -0.05) is 136 Å². The van der Waals surface area contributed by atoms with Gasteiger partial charge in [0.25, 0.3) is 0 Å². The van der Waals surface area contributed by atoms with E-state index in [0.717, 1.165) is 38.5 Å². The molecule has 0 spiro atoms. The molecule has 1 N–H and O–H groups in total. The molecule has 0 aliphatic carbocycles. The van der Waals surface area contributed by atoms with Gasteiger partial charge in [0.1, 0.15) is 0 Å². The molecule has 1 atom stereocenters. The SMILES string of the molecule is CCCCCCCCCCCCCCCCCCCCC(OC(=O)CCCCC)C(=O)O. The first kappa shape index (κ1) is 30.9. The van der Waals surface area contributed by atoms with Gasteiger partial charge in [-0.3, -0.25) is 4.79 Å². The van der Waals surface area contributed by atoms with Crippen molar-refractivity contribution < 1.29 is 19.4 Å². The lowest BCUT2D eigenvalue weighted by Gasteiger charge is -2.13. The van der Waals surface area contributed by atoms with Crippen molar-refractivity contribution in [3.05, 3.63) is 0 Å². The number of unbranched alkanes of at least 4 members (excludes halogenated alkanes) is 19. The number of aliphatic carboxylic acids is 1. The second kappa shape index (κ2) is 24.6. The van der Waals surface area contributed by atoms with E-state index in [9.17, 15) is 14.7 Å². The predicted octanol–water partition coefficient (Wildman–Crippen LogP) is 8.99. The monoisotopic (exact) mass is 454 g/mol. The van der Waals surface area contributed by atoms with Crippen molar-refractivity contribution in [3.8, 4) is 0 Å². The second-order valence-electron chi connectivity index (χ2n) is 9.57. The summed E-state index contributed by atoms with van der Waals surface area (Å²) in [6.07, 6.45) is 26.2. The Balaban J connectivity index is 3.41. The molecule has 0 amide bonds. The molecule has 4 nitrogen and oxygen atoms in total. The highest BCUT2D eigenvalue weighted by Crippen LogP contribution is 2.15. The molecular formula is C28H54O4. The van der Waals surface area contributed by atoms with E-state index in [-0.39, 0.29) is 5.97 Å². The van der Waals surface area contributed by atoms with Gasteiger partial charge < -0.3 is 9.84 Å². The fourth-order valence-corrected chi connectivity index (χ4v) is 4.20. The first-order valence-electron chi connectivity index (χ1n) is 14.0. The zero-order valence-electron chi connectivity index (χ0n) is 21.5. The minimum Gasteiger partial charge on any atom is -0.479 e. The summed E-state index contributed by atoms with van der Waals surface area (Å²) in [4.78, 5) is 23.0. The summed E-state index contributed by atoms with van der Waals surface area (Å²) < 4.78 is 5.15. The summed E-state index contributed by atoms with van der Waals surface area (Å²) in [5.74, 6) is -1.38. The standard InChI is InChI=1S/C28H54O4/c1-3-5-7-8-9-10-11-12-13-14-15-16-17-18-19-20-21-23-24-26(28(30)31)32-27(29)25-22-6-4-2/h26H,3-25H2,1-2H3,(H,30,31). The number of esters is 1. The van der Waals surface area contributed by atoms with E-state index in [1.807, 2.05) is 0 Å². The van der Waals surface area contributed by atoms with E-state index in [2.05, 4.69) is 13.8 Å². The molecule has 190 valence electrons. The van der Waals surface area contributed by atoms with Crippen molar-refractivity contribution in [1.82, 2.24) is 0 Å². The van der Waals surface area contributed by atoms with Crippen LogP contribution in [0.4, 0.5) is 0 Å². The van der Waals surface area contributed by atoms with Gasteiger partial charge in [-0.25, -0.2) is 4.79 Å². The van der Waals surface area contributed by atoms with Crippen LogP contribution >= 0.6 is 0 Å². The molecule has 0 saturated carbocycles. The maximum atomic E-state index is 11.7. The highest BCUT2D eigenvalue weighted by molar-refractivity contribution is 5.77. The van der Waals surface area contributed by atoms with Crippen LogP contribution in [0.1, 0.15) is 162 Å². The normalized spacial score (nSPS) is 12.1. The first-order chi connectivity index (χ1) is 15.6. The molecular weight excluding hydrogens is 400 g/mol. The maximum absolute atomic E-state index is 11.7. The molecule has 0 aliphatic rings. The topological polar surface area (TPSA) is 63.6 Å². The summed E-state index contributed by atoms with van der Waals surface area (Å²) in [6, 6.07) is 0. The zero-order valence-corrected chi connectivity index (χ0v) is 21.5. The number of carbonyl (C=O) groups excluding carboxylic acids is 1. The number of carboxylic acid groups (broad SMARTS) is 1. The number of hydrogen-bond acceptors (Lipinski definition) is 3. The third-order valence-electron chi connectivity index (χ3n) is 6.35. The van der Waals surface area contributed by atoms with Crippen molar-refractivity contribution in [1.29, 1.82) is 0 Å². The number of rotatable bonds is 25. The Kier molecular flexibility index (Phi) is 23.8. The summed E-state index contributed by atoms with van der Waals surface area (Å²) in [5, 5.41) is 9.26. The molecule has 4 heteroatoms. The van der Waals surface area contributed by atoms with E-state index >= 15 is 0 Å². The fraction of sp³-hybridized carbons (Fsp3) is 0.929. The van der Waals surface area contributed by atoms with Crippen molar-refractivity contribution in [3.63, 3.8) is 0 Å². The molecule has 0 radical (unpaired) electrons. The molecule has 32 heavy (non-hydrogen) atoms. The molecule has 1 unspecified atom stereocenters. The lowest BCUT2D eigenvalue weighted by atomic mass is 10.0. The van der Waals surface area contributed by atoms with Crippen LogP contribution in [-0.2, 0) is 14.3 Å². The van der Waals surface area contributed by atoms with Gasteiger partial charge in [-0.2, -0.15) is 0 Å². The Labute approximate surface area is 199 Å². The number of carboxylic acids is 1. The summed E-state index contributed by atoms with van der Waals surface area (Å²) in [5.41, 5.74) is 0. The molecule has 0 aromatic rings. The van der Waals surface area contributed by atoms with E-state index in [0.29, 0.717) is 12.8 Å². The van der Waals surface area contributed by atoms with Gasteiger partial charge >= 0.3 is 11.9 Å². The van der Waals surface area contributed by atoms with Crippen LogP contribution < -0.4 is 0 Å². The van der Waals surface area contributed by atoms with Crippen molar-refractivity contribution in [2.75, 3.05) is 0 Å². The molecule has 0 fully saturated rings. The van der Waals surface area contributed by atoms with Gasteiger partial charge in [0.05, 0.1) is 0 Å². The Bertz CT molecular complexity index is 422. The van der Waals surface area contributed by atoms with Crippen molar-refractivity contribution in [2.45, 2.75) is 168 Å². The Morgan fingerprint density at radius 2 is 0.906 bits per heavy atom. The van der Waals surface area contributed by atoms with Crippen LogP contribution in [-0.4, -0.2) is 23.1 Å². The molecule has 0 saturated heterocycles. The summed E-state index contributed by atoms with van der Waals surface area (Å²) in [7, 11) is 0. The second-order valence-corrected chi connectivity index (χ2v) is 9.57. The number of carbonyl (C=O) groups is 2. The highest BCUT2D eigenvalue weighted by atomic mass is 16.6. The van der Waals surface area contributed by atoms with Crippen LogP contribution in [0.5, 0.6) is 0 Å². The van der Waals surface area contributed by atoms with Crippen molar-refractivity contribution in [2.24, 2.45) is 0 Å². The molecule has 0 rings (SSSR count). The zero-order chi connectivity index (χ0) is 23.7. The molecule has 0 bridgehead atoms. The lowest BCUT2D eigenvalue weighted by Crippen LogP contribution is -2.27. The molecule has 0 aromatic heterocycles. The van der Waals surface area contributed by atoms with Gasteiger partial charge in [-0.15, -0.1) is 0 Å². The van der Waals surface area contributed by atoms with Gasteiger partial charge in [0.2, 0.25) is 0 Å². The largest absolute Gasteiger partial charge is 0.479 e. The maximum Gasteiger partial charge on any atom is 0.345 e. The minimum atomic E-state index is -1.01. The quantitative estimate of drug-likeness (QED) is 0.110. The van der Waals surface area contributed by atoms with Crippen LogP contribution in [0.3, 0.4) is 0 Å². The van der Waals surface area contributed by atoms with Crippen LogP contribution in [0.2, 0.25) is 0 Å².